The Labute approximate surface area is 157 Å². The van der Waals surface area contributed by atoms with Gasteiger partial charge in [-0.05, 0) is 20.8 Å². The summed E-state index contributed by atoms with van der Waals surface area (Å²) in [4.78, 5) is 0. The van der Waals surface area contributed by atoms with E-state index in [0.717, 1.165) is 28.8 Å². The van der Waals surface area contributed by atoms with E-state index in [1.54, 1.807) is 0 Å². The lowest BCUT2D eigenvalue weighted by molar-refractivity contribution is 0.210. The van der Waals surface area contributed by atoms with Crippen LogP contribution in [0.1, 0.15) is 20.8 Å². The summed E-state index contributed by atoms with van der Waals surface area (Å²) in [7, 11) is -5.40. The van der Waals surface area contributed by atoms with Gasteiger partial charge in [-0.3, -0.25) is 9.05 Å². The molecule has 0 atom stereocenters. The molecule has 2 rings (SSSR count). The number of hydrogen-bond donors (Lipinski definition) is 1. The van der Waals surface area contributed by atoms with E-state index in [2.05, 4.69) is 25.0 Å². The van der Waals surface area contributed by atoms with E-state index in [0.29, 0.717) is 0 Å². The van der Waals surface area contributed by atoms with E-state index in [1.807, 2.05) is 51.1 Å². The molecule has 1 heterocycles. The summed E-state index contributed by atoms with van der Waals surface area (Å²) in [5.74, 6) is 0. The molecule has 2 aromatic rings. The predicted molar refractivity (Wildman–Crippen MR) is 111 cm³/mol. The van der Waals surface area contributed by atoms with Crippen molar-refractivity contribution < 1.29 is 13.6 Å². The molecule has 0 unspecified atom stereocenters. The largest absolute Gasteiger partial charge is 0.455 e. The van der Waals surface area contributed by atoms with Crippen molar-refractivity contribution in [3.63, 3.8) is 0 Å². The van der Waals surface area contributed by atoms with Gasteiger partial charge in [-0.1, -0.05) is 50.0 Å². The van der Waals surface area contributed by atoms with Gasteiger partial charge in [0.25, 0.3) is 0 Å². The van der Waals surface area contributed by atoms with Crippen molar-refractivity contribution in [2.24, 2.45) is 0 Å². The summed E-state index contributed by atoms with van der Waals surface area (Å²) in [6.45, 7) is 13.6. The number of hydrogen-bond acceptors (Lipinski definition) is 5. The number of nitrogens with one attached hydrogen (secondary N) is 1. The van der Waals surface area contributed by atoms with Crippen molar-refractivity contribution in [1.29, 1.82) is 0 Å². The molecule has 0 saturated heterocycles. The van der Waals surface area contributed by atoms with Gasteiger partial charge < -0.3 is 5.32 Å². The van der Waals surface area contributed by atoms with Gasteiger partial charge in [-0.2, -0.15) is 9.55 Å². The molecule has 0 amide bonds. The lowest BCUT2D eigenvalue weighted by Crippen LogP contribution is -2.40. The molecule has 26 heavy (non-hydrogen) atoms. The van der Waals surface area contributed by atoms with Gasteiger partial charge in [0, 0.05) is 12.1 Å². The predicted octanol–water partition coefficient (Wildman–Crippen LogP) is 4.56. The molecule has 0 fully saturated rings. The van der Waals surface area contributed by atoms with Crippen molar-refractivity contribution in [2.45, 2.75) is 40.4 Å². The zero-order chi connectivity index (χ0) is 19.4. The zero-order valence-corrected chi connectivity index (χ0v) is 18.5. The first-order valence-electron chi connectivity index (χ1n) is 9.11. The van der Waals surface area contributed by atoms with Gasteiger partial charge >= 0.3 is 7.75 Å². The van der Waals surface area contributed by atoms with Crippen LogP contribution in [-0.2, 0) is 13.6 Å². The third-order valence-corrected chi connectivity index (χ3v) is 7.49. The Morgan fingerprint density at radius 1 is 1.08 bits per heavy atom. The second kappa shape index (κ2) is 8.52. The molecule has 0 aliphatic rings. The molecule has 0 aliphatic carbocycles. The van der Waals surface area contributed by atoms with Crippen molar-refractivity contribution in [3.8, 4) is 11.3 Å². The average molecular weight is 396 g/mol. The number of anilines is 1. The molecule has 0 bridgehead atoms. The Bertz CT molecular complexity index is 762. The maximum Gasteiger partial charge on any atom is 0.455 e. The van der Waals surface area contributed by atoms with Gasteiger partial charge in [0.1, 0.15) is 13.8 Å². The Balaban J connectivity index is 2.84. The molecule has 0 spiro atoms. The van der Waals surface area contributed by atoms with Gasteiger partial charge in [-0.15, -0.1) is 0 Å². The lowest BCUT2D eigenvalue weighted by Gasteiger charge is -2.19. The van der Waals surface area contributed by atoms with Crippen LogP contribution in [0, 0.1) is 0 Å². The van der Waals surface area contributed by atoms with E-state index in [-0.39, 0.29) is 13.2 Å². The number of nitrogens with zero attached hydrogens (tertiary/aromatic N) is 2. The van der Waals surface area contributed by atoms with Crippen LogP contribution in [0.3, 0.4) is 0 Å². The maximum absolute atomic E-state index is 13.5. The topological polar surface area (TPSA) is 65.4 Å². The monoisotopic (exact) mass is 395 g/mol. The summed E-state index contributed by atoms with van der Waals surface area (Å²) in [6.07, 6.45) is 0. The van der Waals surface area contributed by atoms with Crippen LogP contribution in [0.25, 0.3) is 11.3 Å². The first kappa shape index (κ1) is 20.9. The van der Waals surface area contributed by atoms with Crippen LogP contribution >= 0.6 is 7.75 Å². The molecule has 144 valence electrons. The van der Waals surface area contributed by atoms with Gasteiger partial charge in [0.15, 0.2) is 0 Å². The number of aromatic nitrogens is 2. The zero-order valence-electron chi connectivity index (χ0n) is 16.6. The highest BCUT2D eigenvalue weighted by atomic mass is 31.2. The quantitative estimate of drug-likeness (QED) is 0.498. The van der Waals surface area contributed by atoms with Crippen molar-refractivity contribution in [1.82, 2.24) is 9.55 Å². The first-order valence-corrected chi connectivity index (χ1v) is 14.1. The molecule has 0 aliphatic heterocycles. The molecular formula is C18H30N3O3PSi. The summed E-state index contributed by atoms with van der Waals surface area (Å²) < 4.78 is 26.2. The van der Waals surface area contributed by atoms with E-state index in [9.17, 15) is 4.57 Å². The summed E-state index contributed by atoms with van der Waals surface area (Å²) in [5.41, 5.74) is 2.62. The fourth-order valence-corrected chi connectivity index (χ4v) is 5.83. The van der Waals surface area contributed by atoms with Gasteiger partial charge in [0.05, 0.1) is 24.2 Å². The van der Waals surface area contributed by atoms with Gasteiger partial charge in [0.2, 0.25) is 0 Å². The standard InChI is InChI=1S/C18H30N3O3PSi/c1-7-19-16-17(15-13-11-10-12-14-15)21(20-18(16)26(4,5)6)25(22,23-8-2)24-9-3/h10-14,19H,7-9H2,1-6H3. The summed E-state index contributed by atoms with van der Waals surface area (Å²) in [5, 5.41) is 9.20. The third-order valence-electron chi connectivity index (χ3n) is 3.80. The SMILES string of the molecule is CCNc1c([Si](C)(C)C)nn(P(=O)(OCC)OCC)c1-c1ccccc1. The van der Waals surface area contributed by atoms with E-state index in [4.69, 9.17) is 14.1 Å². The molecular weight excluding hydrogens is 365 g/mol. The normalized spacial score (nSPS) is 12.4. The average Bonchev–Trinajstić information content (AvgIpc) is 2.97. The molecule has 1 N–H and O–H groups in total. The molecule has 8 heteroatoms. The Hall–Kier alpha value is -1.40. The molecule has 6 nitrogen and oxygen atoms in total. The Morgan fingerprint density at radius 2 is 1.65 bits per heavy atom. The summed E-state index contributed by atoms with van der Waals surface area (Å²) >= 11 is 0. The maximum atomic E-state index is 13.5. The van der Waals surface area contributed by atoms with Crippen molar-refractivity contribution in [3.05, 3.63) is 30.3 Å². The van der Waals surface area contributed by atoms with Crippen molar-refractivity contribution >= 4 is 26.8 Å². The number of benzene rings is 1. The first-order chi connectivity index (χ1) is 12.3. The molecule has 1 aromatic heterocycles. The highest BCUT2D eigenvalue weighted by Gasteiger charge is 2.37. The van der Waals surface area contributed by atoms with E-state index < -0.39 is 15.8 Å². The van der Waals surface area contributed by atoms with Crippen LogP contribution in [0.4, 0.5) is 5.69 Å². The summed E-state index contributed by atoms with van der Waals surface area (Å²) in [6, 6.07) is 9.86. The molecule has 1 aromatic carbocycles. The highest BCUT2D eigenvalue weighted by Crippen LogP contribution is 2.52. The van der Waals surface area contributed by atoms with Crippen LogP contribution in [0.5, 0.6) is 0 Å². The van der Waals surface area contributed by atoms with Crippen molar-refractivity contribution in [2.75, 3.05) is 25.1 Å². The fraction of sp³-hybridized carbons (Fsp3) is 0.500. The lowest BCUT2D eigenvalue weighted by atomic mass is 10.1. The van der Waals surface area contributed by atoms with Crippen LogP contribution in [-0.4, -0.2) is 37.4 Å². The van der Waals surface area contributed by atoms with Crippen LogP contribution < -0.4 is 10.6 Å². The Morgan fingerprint density at radius 3 is 2.12 bits per heavy atom. The minimum atomic E-state index is -3.59. The van der Waals surface area contributed by atoms with E-state index in [1.165, 1.54) is 4.45 Å². The third kappa shape index (κ3) is 4.28. The second-order valence-electron chi connectivity index (χ2n) is 6.91. The minimum Gasteiger partial charge on any atom is -0.382 e. The molecule has 0 saturated carbocycles. The highest BCUT2D eigenvalue weighted by molar-refractivity contribution is 7.52. The minimum absolute atomic E-state index is 0.282. The smallest absolute Gasteiger partial charge is 0.382 e. The van der Waals surface area contributed by atoms with E-state index >= 15 is 0 Å². The number of rotatable bonds is 9. The second-order valence-corrected chi connectivity index (χ2v) is 13.7. The fourth-order valence-electron chi connectivity index (χ4n) is 2.78. The van der Waals surface area contributed by atoms with Gasteiger partial charge in [-0.25, -0.2) is 4.57 Å². The Kier molecular flexibility index (Phi) is 6.85. The molecule has 0 radical (unpaired) electrons. The van der Waals surface area contributed by atoms with Crippen LogP contribution in [0.2, 0.25) is 19.6 Å². The van der Waals surface area contributed by atoms with Crippen LogP contribution in [0.15, 0.2) is 30.3 Å².